The molecule has 0 aromatic heterocycles. The highest BCUT2D eigenvalue weighted by Gasteiger charge is 2.25. The van der Waals surface area contributed by atoms with E-state index in [0.29, 0.717) is 24.3 Å². The van der Waals surface area contributed by atoms with Gasteiger partial charge in [-0.2, -0.15) is 0 Å². The maximum absolute atomic E-state index is 14.2. The molecule has 1 aliphatic heterocycles. The molecule has 1 fully saturated rings. The SMILES string of the molecule is O=Cc1cccc(C(F)C2CCOCC2)c1. The largest absolute Gasteiger partial charge is 0.381 e. The molecular formula is C13H15FO2. The highest BCUT2D eigenvalue weighted by atomic mass is 19.1. The number of aldehydes is 1. The van der Waals surface area contributed by atoms with Gasteiger partial charge in [0.25, 0.3) is 0 Å². The molecule has 0 spiro atoms. The molecule has 0 saturated carbocycles. The third-order valence-electron chi connectivity index (χ3n) is 3.05. The van der Waals surface area contributed by atoms with E-state index in [1.165, 1.54) is 0 Å². The number of carbonyl (C=O) groups is 1. The summed E-state index contributed by atoms with van der Waals surface area (Å²) in [6, 6.07) is 6.79. The molecule has 1 unspecified atom stereocenters. The lowest BCUT2D eigenvalue weighted by molar-refractivity contribution is 0.0365. The number of carbonyl (C=O) groups excluding carboxylic acids is 1. The van der Waals surface area contributed by atoms with Crippen LogP contribution in [0.15, 0.2) is 24.3 Å². The van der Waals surface area contributed by atoms with E-state index in [1.807, 2.05) is 0 Å². The fourth-order valence-corrected chi connectivity index (χ4v) is 2.08. The van der Waals surface area contributed by atoms with Crippen LogP contribution in [0.25, 0.3) is 0 Å². The van der Waals surface area contributed by atoms with Crippen molar-refractivity contribution >= 4 is 6.29 Å². The molecule has 1 aromatic rings. The number of ether oxygens (including phenoxy) is 1. The molecule has 1 aliphatic rings. The van der Waals surface area contributed by atoms with Crippen LogP contribution >= 0.6 is 0 Å². The Morgan fingerprint density at radius 2 is 2.12 bits per heavy atom. The Balaban J connectivity index is 2.12. The Kier molecular flexibility index (Phi) is 3.67. The zero-order valence-electron chi connectivity index (χ0n) is 9.06. The normalized spacial score (nSPS) is 19.3. The number of hydrogen-bond acceptors (Lipinski definition) is 2. The molecule has 1 atom stereocenters. The molecule has 86 valence electrons. The molecule has 0 amide bonds. The van der Waals surface area contributed by atoms with Gasteiger partial charge in [-0.15, -0.1) is 0 Å². The number of hydrogen-bond donors (Lipinski definition) is 0. The molecule has 0 N–H and O–H groups in total. The summed E-state index contributed by atoms with van der Waals surface area (Å²) in [4.78, 5) is 10.6. The predicted octanol–water partition coefficient (Wildman–Crippen LogP) is 2.94. The molecule has 0 radical (unpaired) electrons. The molecule has 1 saturated heterocycles. The number of alkyl halides is 1. The van der Waals surface area contributed by atoms with Gasteiger partial charge in [-0.3, -0.25) is 4.79 Å². The van der Waals surface area contributed by atoms with Crippen LogP contribution < -0.4 is 0 Å². The monoisotopic (exact) mass is 222 g/mol. The van der Waals surface area contributed by atoms with Crippen LogP contribution in [0.2, 0.25) is 0 Å². The van der Waals surface area contributed by atoms with E-state index in [2.05, 4.69) is 0 Å². The Bertz CT molecular complexity index is 359. The Morgan fingerprint density at radius 1 is 1.38 bits per heavy atom. The summed E-state index contributed by atoms with van der Waals surface area (Å²) in [6.45, 7) is 1.27. The first-order valence-electron chi connectivity index (χ1n) is 5.58. The van der Waals surface area contributed by atoms with Gasteiger partial charge in [-0.1, -0.05) is 18.2 Å². The van der Waals surface area contributed by atoms with Crippen LogP contribution in [-0.2, 0) is 4.74 Å². The van der Waals surface area contributed by atoms with Crippen LogP contribution in [0.4, 0.5) is 4.39 Å². The van der Waals surface area contributed by atoms with Crippen LogP contribution in [0.5, 0.6) is 0 Å². The van der Waals surface area contributed by atoms with E-state index in [4.69, 9.17) is 4.74 Å². The second kappa shape index (κ2) is 5.21. The second-order valence-electron chi connectivity index (χ2n) is 4.14. The minimum absolute atomic E-state index is 0.0238. The highest BCUT2D eigenvalue weighted by Crippen LogP contribution is 2.33. The third kappa shape index (κ3) is 2.47. The molecular weight excluding hydrogens is 207 g/mol. The van der Waals surface area contributed by atoms with Crippen molar-refractivity contribution in [2.24, 2.45) is 5.92 Å². The molecule has 16 heavy (non-hydrogen) atoms. The summed E-state index contributed by atoms with van der Waals surface area (Å²) in [5.74, 6) is 0.0238. The van der Waals surface area contributed by atoms with Crippen molar-refractivity contribution in [2.75, 3.05) is 13.2 Å². The maximum atomic E-state index is 14.2. The summed E-state index contributed by atoms with van der Waals surface area (Å²) in [7, 11) is 0. The highest BCUT2D eigenvalue weighted by molar-refractivity contribution is 5.74. The van der Waals surface area contributed by atoms with Crippen molar-refractivity contribution in [1.29, 1.82) is 0 Å². The van der Waals surface area contributed by atoms with E-state index in [-0.39, 0.29) is 5.92 Å². The molecule has 1 heterocycles. The Morgan fingerprint density at radius 3 is 2.81 bits per heavy atom. The van der Waals surface area contributed by atoms with Gasteiger partial charge in [-0.05, 0) is 30.4 Å². The topological polar surface area (TPSA) is 26.3 Å². The predicted molar refractivity (Wildman–Crippen MR) is 59.2 cm³/mol. The lowest BCUT2D eigenvalue weighted by atomic mass is 9.90. The second-order valence-corrected chi connectivity index (χ2v) is 4.14. The smallest absolute Gasteiger partial charge is 0.150 e. The van der Waals surface area contributed by atoms with Crippen molar-refractivity contribution < 1.29 is 13.9 Å². The fourth-order valence-electron chi connectivity index (χ4n) is 2.08. The summed E-state index contributed by atoms with van der Waals surface area (Å²) in [5.41, 5.74) is 1.14. The summed E-state index contributed by atoms with van der Waals surface area (Å²) in [5, 5.41) is 0. The number of rotatable bonds is 3. The van der Waals surface area contributed by atoms with Crippen LogP contribution in [0, 0.1) is 5.92 Å². The minimum Gasteiger partial charge on any atom is -0.381 e. The first-order chi connectivity index (χ1) is 7.81. The molecule has 2 rings (SSSR count). The van der Waals surface area contributed by atoms with Gasteiger partial charge < -0.3 is 4.74 Å². The van der Waals surface area contributed by atoms with Gasteiger partial charge in [0, 0.05) is 18.8 Å². The van der Waals surface area contributed by atoms with E-state index in [1.54, 1.807) is 24.3 Å². The van der Waals surface area contributed by atoms with E-state index in [0.717, 1.165) is 19.1 Å². The fraction of sp³-hybridized carbons (Fsp3) is 0.462. The third-order valence-corrected chi connectivity index (χ3v) is 3.05. The van der Waals surface area contributed by atoms with E-state index in [9.17, 15) is 9.18 Å². The Hall–Kier alpha value is -1.22. The summed E-state index contributed by atoms with van der Waals surface area (Å²) in [6.07, 6.45) is 1.28. The van der Waals surface area contributed by atoms with Crippen molar-refractivity contribution in [3.05, 3.63) is 35.4 Å². The maximum Gasteiger partial charge on any atom is 0.150 e. The lowest BCUT2D eigenvalue weighted by Crippen LogP contribution is -2.20. The van der Waals surface area contributed by atoms with Gasteiger partial charge in [0.05, 0.1) is 0 Å². The number of benzene rings is 1. The average molecular weight is 222 g/mol. The summed E-state index contributed by atoms with van der Waals surface area (Å²) >= 11 is 0. The first-order valence-corrected chi connectivity index (χ1v) is 5.58. The standard InChI is InChI=1S/C13H15FO2/c14-13(11-4-6-16-7-5-11)12-3-1-2-10(8-12)9-15/h1-3,8-9,11,13H,4-7H2. The van der Waals surface area contributed by atoms with Gasteiger partial charge in [0.15, 0.2) is 0 Å². The van der Waals surface area contributed by atoms with Gasteiger partial charge in [0.2, 0.25) is 0 Å². The quantitative estimate of drug-likeness (QED) is 0.735. The molecule has 1 aromatic carbocycles. The number of halogens is 1. The van der Waals surface area contributed by atoms with Gasteiger partial charge in [0.1, 0.15) is 12.5 Å². The molecule has 3 heteroatoms. The van der Waals surface area contributed by atoms with Crippen molar-refractivity contribution in [3.63, 3.8) is 0 Å². The first kappa shape index (κ1) is 11.3. The van der Waals surface area contributed by atoms with E-state index >= 15 is 0 Å². The minimum atomic E-state index is -0.983. The van der Waals surface area contributed by atoms with Crippen molar-refractivity contribution in [2.45, 2.75) is 19.0 Å². The van der Waals surface area contributed by atoms with Crippen LogP contribution in [-0.4, -0.2) is 19.5 Å². The van der Waals surface area contributed by atoms with Crippen molar-refractivity contribution in [3.8, 4) is 0 Å². The van der Waals surface area contributed by atoms with Gasteiger partial charge in [-0.25, -0.2) is 4.39 Å². The Labute approximate surface area is 94.4 Å². The summed E-state index contributed by atoms with van der Waals surface area (Å²) < 4.78 is 19.4. The zero-order valence-corrected chi connectivity index (χ0v) is 9.06. The van der Waals surface area contributed by atoms with Crippen LogP contribution in [0.1, 0.15) is 34.9 Å². The van der Waals surface area contributed by atoms with E-state index < -0.39 is 6.17 Å². The van der Waals surface area contributed by atoms with Gasteiger partial charge >= 0.3 is 0 Å². The van der Waals surface area contributed by atoms with Crippen molar-refractivity contribution in [1.82, 2.24) is 0 Å². The average Bonchev–Trinajstić information content (AvgIpc) is 2.39. The zero-order chi connectivity index (χ0) is 11.4. The molecule has 0 bridgehead atoms. The lowest BCUT2D eigenvalue weighted by Gasteiger charge is -2.25. The molecule has 2 nitrogen and oxygen atoms in total. The molecule has 0 aliphatic carbocycles. The van der Waals surface area contributed by atoms with Crippen LogP contribution in [0.3, 0.4) is 0 Å².